The number of hydrogen-bond acceptors (Lipinski definition) is 6. The maximum atomic E-state index is 14.7. The molecule has 2 aromatic heterocycles. The van der Waals surface area contributed by atoms with Gasteiger partial charge in [-0.1, -0.05) is 99.2 Å². The van der Waals surface area contributed by atoms with Gasteiger partial charge in [0.15, 0.2) is 6.23 Å². The van der Waals surface area contributed by atoms with Gasteiger partial charge in [0.1, 0.15) is 0 Å². The van der Waals surface area contributed by atoms with Crippen molar-refractivity contribution in [3.63, 3.8) is 0 Å². The van der Waals surface area contributed by atoms with Crippen molar-refractivity contribution in [3.8, 4) is 22.3 Å². The van der Waals surface area contributed by atoms with Crippen LogP contribution in [-0.2, 0) is 0 Å². The van der Waals surface area contributed by atoms with Gasteiger partial charge in [-0.2, -0.15) is 0 Å². The lowest BCUT2D eigenvalue weighted by Crippen LogP contribution is -2.47. The van der Waals surface area contributed by atoms with E-state index in [9.17, 15) is 19.5 Å². The molecule has 7 aromatic rings. The summed E-state index contributed by atoms with van der Waals surface area (Å²) in [6.07, 6.45) is 11.8. The number of carbonyl (C=O) groups excluding carboxylic acids is 3. The van der Waals surface area contributed by atoms with Crippen LogP contribution < -0.4 is 0 Å². The first kappa shape index (κ1) is 31.8. The van der Waals surface area contributed by atoms with E-state index < -0.39 is 6.23 Å². The number of amides is 3. The van der Waals surface area contributed by atoms with E-state index in [1.807, 2.05) is 72.8 Å². The van der Waals surface area contributed by atoms with Crippen LogP contribution in [0, 0.1) is 0 Å². The Morgan fingerprint density at radius 2 is 1.00 bits per heavy atom. The molecule has 2 fully saturated rings. The second kappa shape index (κ2) is 11.9. The molecule has 8 nitrogen and oxygen atoms in total. The van der Waals surface area contributed by atoms with Gasteiger partial charge in [0.2, 0.25) is 0 Å². The fraction of sp³-hybridized carbons (Fsp3) is 0.283. The number of benzene rings is 5. The fourth-order valence-corrected chi connectivity index (χ4v) is 10.4. The number of aromatic nitrogens is 2. The van der Waals surface area contributed by atoms with Gasteiger partial charge in [-0.25, -0.2) is 0 Å². The molecule has 2 saturated carbocycles. The van der Waals surface area contributed by atoms with Gasteiger partial charge in [0.05, 0.1) is 22.2 Å². The molecule has 8 heteroatoms. The number of rotatable bonds is 4. The predicted octanol–water partition coefficient (Wildman–Crippen LogP) is 9.57. The lowest BCUT2D eigenvalue weighted by molar-refractivity contribution is -0.0228. The first-order chi connectivity index (χ1) is 26.5. The normalized spacial score (nSPS) is 19.6. The smallest absolute Gasteiger partial charge is 0.263 e. The number of aliphatic hydroxyl groups is 1. The molecule has 1 N–H and O–H groups in total. The number of imide groups is 1. The summed E-state index contributed by atoms with van der Waals surface area (Å²) < 4.78 is 0. The Hall–Kier alpha value is -5.73. The molecule has 3 amide bonds. The Balaban J connectivity index is 1.30. The van der Waals surface area contributed by atoms with Crippen molar-refractivity contribution in [1.29, 1.82) is 0 Å². The van der Waals surface area contributed by atoms with Crippen LogP contribution in [0.4, 0.5) is 0 Å². The number of fused-ring (bicyclic) bond motifs is 2. The van der Waals surface area contributed by atoms with Crippen molar-refractivity contribution in [1.82, 2.24) is 19.8 Å². The van der Waals surface area contributed by atoms with E-state index in [4.69, 9.17) is 9.97 Å². The predicted molar refractivity (Wildman–Crippen MR) is 209 cm³/mol. The summed E-state index contributed by atoms with van der Waals surface area (Å²) >= 11 is 0. The maximum Gasteiger partial charge on any atom is 0.263 e. The summed E-state index contributed by atoms with van der Waals surface area (Å²) in [4.78, 5) is 57.3. The minimum absolute atomic E-state index is 0.0525. The summed E-state index contributed by atoms with van der Waals surface area (Å²) in [6.45, 7) is 0. The van der Waals surface area contributed by atoms with Crippen LogP contribution in [0.25, 0.3) is 65.6 Å². The third kappa shape index (κ3) is 4.31. The molecule has 0 radical (unpaired) electrons. The Morgan fingerprint density at radius 3 is 1.59 bits per heavy atom. The summed E-state index contributed by atoms with van der Waals surface area (Å²) in [7, 11) is 0. The average Bonchev–Trinajstić information content (AvgIpc) is 3.22. The lowest BCUT2D eigenvalue weighted by atomic mass is 9.80. The standard InChI is InChI=1S/C46H38N4O4/c51-43-31-21-29(25-13-5-1-6-14-25)37-39-35(31)33(45(53)49(43)27-17-9-3-10-18-27)24-48-42(39)38-30(26-15-7-2-8-16-26)22-32-36-34(23-47-41(37)40(36)38)46(54)50(44(32)52)28-19-11-4-12-20-28/h1-2,5-8,13-16,21-24,27-28,43,51H,3-4,9-12,17-20H2. The highest BCUT2D eigenvalue weighted by Crippen LogP contribution is 2.52. The summed E-state index contributed by atoms with van der Waals surface area (Å²) in [5.74, 6) is -0.754. The van der Waals surface area contributed by atoms with Crippen LogP contribution in [0.1, 0.15) is 107 Å². The molecule has 1 atom stereocenters. The van der Waals surface area contributed by atoms with Crippen molar-refractivity contribution >= 4 is 61.1 Å². The Kier molecular flexibility index (Phi) is 6.99. The van der Waals surface area contributed by atoms with E-state index in [2.05, 4.69) is 0 Å². The molecular weight excluding hydrogens is 673 g/mol. The molecule has 1 unspecified atom stereocenters. The number of pyridine rings is 2. The minimum atomic E-state index is -1.13. The van der Waals surface area contributed by atoms with Crippen LogP contribution in [-0.4, -0.2) is 54.7 Å². The molecule has 0 spiro atoms. The van der Waals surface area contributed by atoms with Crippen molar-refractivity contribution in [2.24, 2.45) is 0 Å². The zero-order chi connectivity index (χ0) is 36.2. The quantitative estimate of drug-likeness (QED) is 0.111. The summed E-state index contributed by atoms with van der Waals surface area (Å²) in [5.41, 5.74) is 6.89. The summed E-state index contributed by atoms with van der Waals surface area (Å²) in [5, 5.41) is 16.6. The highest BCUT2D eigenvalue weighted by atomic mass is 16.3. The van der Waals surface area contributed by atoms with Crippen LogP contribution in [0.3, 0.4) is 0 Å². The topological polar surface area (TPSA) is 104 Å². The van der Waals surface area contributed by atoms with Gasteiger partial charge in [-0.15, -0.1) is 0 Å². The number of hydrogen-bond donors (Lipinski definition) is 1. The molecule has 2 aliphatic heterocycles. The lowest BCUT2D eigenvalue weighted by Gasteiger charge is -2.41. The summed E-state index contributed by atoms with van der Waals surface area (Å²) in [6, 6.07) is 23.8. The molecular formula is C46H38N4O4. The van der Waals surface area contributed by atoms with Gasteiger partial charge in [-0.3, -0.25) is 29.3 Å². The van der Waals surface area contributed by atoms with E-state index >= 15 is 0 Å². The Labute approximate surface area is 311 Å². The van der Waals surface area contributed by atoms with Gasteiger partial charge in [-0.05, 0) is 60.1 Å². The van der Waals surface area contributed by atoms with Crippen LogP contribution in [0.5, 0.6) is 0 Å². The van der Waals surface area contributed by atoms with Crippen LogP contribution in [0.2, 0.25) is 0 Å². The first-order valence-corrected chi connectivity index (χ1v) is 19.5. The molecule has 5 aromatic carbocycles. The van der Waals surface area contributed by atoms with Crippen molar-refractivity contribution in [2.75, 3.05) is 0 Å². The van der Waals surface area contributed by atoms with Gasteiger partial charge >= 0.3 is 0 Å². The third-order valence-corrected chi connectivity index (χ3v) is 12.8. The molecule has 0 bridgehead atoms. The van der Waals surface area contributed by atoms with E-state index in [1.165, 1.54) is 4.90 Å². The van der Waals surface area contributed by atoms with E-state index in [0.29, 0.717) is 44.1 Å². The molecule has 11 rings (SSSR count). The molecule has 2 aliphatic carbocycles. The first-order valence-electron chi connectivity index (χ1n) is 19.5. The maximum absolute atomic E-state index is 14.7. The average molecular weight is 711 g/mol. The van der Waals surface area contributed by atoms with Gasteiger partial charge in [0.25, 0.3) is 17.7 Å². The second-order valence-corrected chi connectivity index (χ2v) is 15.7. The van der Waals surface area contributed by atoms with Crippen LogP contribution in [0.15, 0.2) is 85.2 Å². The second-order valence-electron chi connectivity index (χ2n) is 15.7. The highest BCUT2D eigenvalue weighted by molar-refractivity contribution is 6.41. The number of carbonyl (C=O) groups is 3. The molecule has 4 aliphatic rings. The number of aliphatic hydroxyl groups excluding tert-OH is 1. The van der Waals surface area contributed by atoms with Gasteiger partial charge in [0, 0.05) is 67.9 Å². The van der Waals surface area contributed by atoms with E-state index in [0.717, 1.165) is 108 Å². The SMILES string of the molecule is O=C1c2cnc3c4c(-c5ccccc5)cc5c6c(cnc(c7c(-c8ccccc8)cc(c2c37)C(=O)N1C1CCCCC1)c64)C(=O)N(C1CCCCC1)C5O. The Morgan fingerprint density at radius 1 is 0.500 bits per heavy atom. The molecule has 0 saturated heterocycles. The molecule has 54 heavy (non-hydrogen) atoms. The van der Waals surface area contributed by atoms with Crippen LogP contribution >= 0.6 is 0 Å². The molecule has 4 heterocycles. The van der Waals surface area contributed by atoms with Gasteiger partial charge < -0.3 is 10.0 Å². The monoisotopic (exact) mass is 710 g/mol. The Bertz CT molecular complexity index is 2720. The van der Waals surface area contributed by atoms with E-state index in [-0.39, 0.29) is 29.8 Å². The largest absolute Gasteiger partial charge is 0.369 e. The molecule has 266 valence electrons. The zero-order valence-electron chi connectivity index (χ0n) is 29.8. The van der Waals surface area contributed by atoms with Crippen molar-refractivity contribution in [3.05, 3.63) is 107 Å². The van der Waals surface area contributed by atoms with E-state index in [1.54, 1.807) is 17.3 Å². The minimum Gasteiger partial charge on any atom is -0.369 e. The highest BCUT2D eigenvalue weighted by Gasteiger charge is 2.42. The third-order valence-electron chi connectivity index (χ3n) is 12.8. The van der Waals surface area contributed by atoms with Crippen molar-refractivity contribution in [2.45, 2.75) is 82.5 Å². The van der Waals surface area contributed by atoms with Crippen molar-refractivity contribution < 1.29 is 19.5 Å². The zero-order valence-corrected chi connectivity index (χ0v) is 29.8. The number of nitrogens with zero attached hydrogens (tertiary/aromatic N) is 4. The fourth-order valence-electron chi connectivity index (χ4n) is 10.4.